The second-order valence-electron chi connectivity index (χ2n) is 3.27. The highest BCUT2D eigenvalue weighted by Gasteiger charge is 2.09. The molecule has 0 aliphatic rings. The molecule has 0 bridgehead atoms. The molecule has 0 radical (unpaired) electrons. The van der Waals surface area contributed by atoms with Crippen LogP contribution >= 0.6 is 0 Å². The standard InChI is InChI=1S/C9H17N5O2/c1-3-6(4-5-15)11-8-12-7(10)13-9(14-8)16-2/h6,15H,3-5H2,1-2H3,(H3,10,11,12,13,14). The lowest BCUT2D eigenvalue weighted by atomic mass is 10.2. The number of aliphatic hydroxyl groups is 1. The average molecular weight is 227 g/mol. The summed E-state index contributed by atoms with van der Waals surface area (Å²) in [6.07, 6.45) is 1.48. The van der Waals surface area contributed by atoms with Crippen LogP contribution in [0.15, 0.2) is 0 Å². The van der Waals surface area contributed by atoms with Gasteiger partial charge in [-0.1, -0.05) is 6.92 Å². The van der Waals surface area contributed by atoms with Crippen molar-refractivity contribution in [2.24, 2.45) is 0 Å². The lowest BCUT2D eigenvalue weighted by molar-refractivity contribution is 0.278. The molecule has 1 unspecified atom stereocenters. The van der Waals surface area contributed by atoms with Crippen LogP contribution in [0.4, 0.5) is 11.9 Å². The number of hydrogen-bond acceptors (Lipinski definition) is 7. The number of anilines is 2. The lowest BCUT2D eigenvalue weighted by Gasteiger charge is -2.15. The summed E-state index contributed by atoms with van der Waals surface area (Å²) in [5.41, 5.74) is 5.49. The minimum atomic E-state index is 0.105. The van der Waals surface area contributed by atoms with Crippen molar-refractivity contribution < 1.29 is 9.84 Å². The molecule has 0 spiro atoms. The zero-order chi connectivity index (χ0) is 12.0. The fourth-order valence-corrected chi connectivity index (χ4v) is 1.24. The number of nitrogens with one attached hydrogen (secondary N) is 1. The molecule has 0 fully saturated rings. The SMILES string of the molecule is CCC(CCO)Nc1nc(N)nc(OC)n1. The summed E-state index contributed by atoms with van der Waals surface area (Å²) in [5.74, 6) is 0.470. The fraction of sp³-hybridized carbons (Fsp3) is 0.667. The van der Waals surface area contributed by atoms with Crippen LogP contribution in [-0.4, -0.2) is 39.8 Å². The molecular weight excluding hydrogens is 210 g/mol. The van der Waals surface area contributed by atoms with E-state index in [1.165, 1.54) is 7.11 Å². The first-order chi connectivity index (χ1) is 7.69. The summed E-state index contributed by atoms with van der Waals surface area (Å²) in [6, 6.07) is 0.283. The number of aromatic nitrogens is 3. The van der Waals surface area contributed by atoms with Gasteiger partial charge in [-0.2, -0.15) is 15.0 Å². The third kappa shape index (κ3) is 3.50. The van der Waals surface area contributed by atoms with Gasteiger partial charge >= 0.3 is 6.01 Å². The zero-order valence-electron chi connectivity index (χ0n) is 9.47. The van der Waals surface area contributed by atoms with Gasteiger partial charge in [0.15, 0.2) is 0 Å². The molecule has 0 saturated carbocycles. The number of nitrogens with zero attached hydrogens (tertiary/aromatic N) is 3. The van der Waals surface area contributed by atoms with Crippen molar-refractivity contribution in [3.05, 3.63) is 0 Å². The Kier molecular flexibility index (Phi) is 4.71. The number of hydrogen-bond donors (Lipinski definition) is 3. The minimum Gasteiger partial charge on any atom is -0.467 e. The highest BCUT2D eigenvalue weighted by molar-refractivity contribution is 5.33. The second kappa shape index (κ2) is 6.06. The predicted octanol–water partition coefficient (Wildman–Crippen LogP) is 0.0353. The van der Waals surface area contributed by atoms with Crippen LogP contribution in [0.3, 0.4) is 0 Å². The van der Waals surface area contributed by atoms with Crippen LogP contribution in [0, 0.1) is 0 Å². The Morgan fingerprint density at radius 1 is 1.44 bits per heavy atom. The van der Waals surface area contributed by atoms with E-state index in [-0.39, 0.29) is 24.6 Å². The molecule has 0 aliphatic heterocycles. The van der Waals surface area contributed by atoms with E-state index in [4.69, 9.17) is 15.6 Å². The van der Waals surface area contributed by atoms with Gasteiger partial charge in [-0.3, -0.25) is 0 Å². The molecule has 16 heavy (non-hydrogen) atoms. The van der Waals surface area contributed by atoms with E-state index >= 15 is 0 Å². The van der Waals surface area contributed by atoms with Gasteiger partial charge < -0.3 is 20.9 Å². The van der Waals surface area contributed by atoms with Gasteiger partial charge in [-0.15, -0.1) is 0 Å². The third-order valence-electron chi connectivity index (χ3n) is 2.12. The average Bonchev–Trinajstić information content (AvgIpc) is 2.27. The molecule has 1 aromatic heterocycles. The maximum atomic E-state index is 8.86. The van der Waals surface area contributed by atoms with Gasteiger partial charge in [-0.05, 0) is 12.8 Å². The second-order valence-corrected chi connectivity index (χ2v) is 3.27. The predicted molar refractivity (Wildman–Crippen MR) is 60.2 cm³/mol. The first kappa shape index (κ1) is 12.4. The first-order valence-electron chi connectivity index (χ1n) is 5.12. The molecule has 1 aromatic rings. The Morgan fingerprint density at radius 3 is 2.75 bits per heavy atom. The number of rotatable bonds is 6. The maximum Gasteiger partial charge on any atom is 0.322 e. The largest absolute Gasteiger partial charge is 0.467 e. The summed E-state index contributed by atoms with van der Waals surface area (Å²) in [5, 5.41) is 11.9. The van der Waals surface area contributed by atoms with Crippen molar-refractivity contribution >= 4 is 11.9 Å². The Bertz CT molecular complexity index is 334. The number of ether oxygens (including phenoxy) is 1. The van der Waals surface area contributed by atoms with Crippen molar-refractivity contribution in [1.82, 2.24) is 15.0 Å². The number of nitrogens with two attached hydrogens (primary N) is 1. The first-order valence-corrected chi connectivity index (χ1v) is 5.12. The van der Waals surface area contributed by atoms with Crippen LogP contribution in [-0.2, 0) is 0 Å². The molecule has 90 valence electrons. The fourth-order valence-electron chi connectivity index (χ4n) is 1.24. The van der Waals surface area contributed by atoms with E-state index in [2.05, 4.69) is 20.3 Å². The Balaban J connectivity index is 2.74. The normalized spacial score (nSPS) is 12.2. The van der Waals surface area contributed by atoms with E-state index in [9.17, 15) is 0 Å². The topological polar surface area (TPSA) is 106 Å². The molecular formula is C9H17N5O2. The van der Waals surface area contributed by atoms with Crippen molar-refractivity contribution in [2.75, 3.05) is 24.8 Å². The van der Waals surface area contributed by atoms with Gasteiger partial charge in [0, 0.05) is 12.6 Å². The summed E-state index contributed by atoms with van der Waals surface area (Å²) < 4.78 is 4.88. The smallest absolute Gasteiger partial charge is 0.322 e. The van der Waals surface area contributed by atoms with Gasteiger partial charge in [0.2, 0.25) is 11.9 Å². The number of methoxy groups -OCH3 is 1. The molecule has 1 heterocycles. The van der Waals surface area contributed by atoms with E-state index < -0.39 is 0 Å². The van der Waals surface area contributed by atoms with Crippen molar-refractivity contribution in [2.45, 2.75) is 25.8 Å². The monoisotopic (exact) mass is 227 g/mol. The van der Waals surface area contributed by atoms with Gasteiger partial charge in [-0.25, -0.2) is 0 Å². The summed E-state index contributed by atoms with van der Waals surface area (Å²) in [6.45, 7) is 2.12. The molecule has 4 N–H and O–H groups in total. The molecule has 0 amide bonds. The highest BCUT2D eigenvalue weighted by atomic mass is 16.5. The summed E-state index contributed by atoms with van der Waals surface area (Å²) >= 11 is 0. The Labute approximate surface area is 94.1 Å². The van der Waals surface area contributed by atoms with E-state index in [0.717, 1.165) is 6.42 Å². The van der Waals surface area contributed by atoms with Gasteiger partial charge in [0.05, 0.1) is 7.11 Å². The van der Waals surface area contributed by atoms with Crippen molar-refractivity contribution in [1.29, 1.82) is 0 Å². The zero-order valence-corrected chi connectivity index (χ0v) is 9.47. The van der Waals surface area contributed by atoms with Crippen LogP contribution in [0.2, 0.25) is 0 Å². The minimum absolute atomic E-state index is 0.105. The molecule has 0 saturated heterocycles. The molecule has 7 heteroatoms. The van der Waals surface area contributed by atoms with E-state index in [1.807, 2.05) is 6.92 Å². The van der Waals surface area contributed by atoms with Gasteiger partial charge in [0.1, 0.15) is 0 Å². The molecule has 7 nitrogen and oxygen atoms in total. The van der Waals surface area contributed by atoms with E-state index in [1.54, 1.807) is 0 Å². The lowest BCUT2D eigenvalue weighted by Crippen LogP contribution is -2.22. The Hall–Kier alpha value is -1.63. The van der Waals surface area contributed by atoms with Crippen molar-refractivity contribution in [3.63, 3.8) is 0 Å². The quantitative estimate of drug-likeness (QED) is 0.629. The number of nitrogen functional groups attached to an aromatic ring is 1. The summed E-state index contributed by atoms with van der Waals surface area (Å²) in [4.78, 5) is 11.7. The van der Waals surface area contributed by atoms with Crippen LogP contribution < -0.4 is 15.8 Å². The number of aliphatic hydroxyl groups excluding tert-OH is 1. The molecule has 1 rings (SSSR count). The molecule has 0 aromatic carbocycles. The Morgan fingerprint density at radius 2 is 2.19 bits per heavy atom. The molecule has 1 atom stereocenters. The van der Waals surface area contributed by atoms with E-state index in [0.29, 0.717) is 12.4 Å². The van der Waals surface area contributed by atoms with Crippen LogP contribution in [0.25, 0.3) is 0 Å². The molecule has 0 aliphatic carbocycles. The van der Waals surface area contributed by atoms with Gasteiger partial charge in [0.25, 0.3) is 0 Å². The van der Waals surface area contributed by atoms with Crippen LogP contribution in [0.1, 0.15) is 19.8 Å². The maximum absolute atomic E-state index is 8.86. The van der Waals surface area contributed by atoms with Crippen LogP contribution in [0.5, 0.6) is 6.01 Å². The highest BCUT2D eigenvalue weighted by Crippen LogP contribution is 2.11. The van der Waals surface area contributed by atoms with Crippen molar-refractivity contribution in [3.8, 4) is 6.01 Å². The third-order valence-corrected chi connectivity index (χ3v) is 2.12. The summed E-state index contributed by atoms with van der Waals surface area (Å²) in [7, 11) is 1.46.